The number of methoxy groups -OCH3 is 1. The predicted octanol–water partition coefficient (Wildman–Crippen LogP) is 2.76. The average Bonchev–Trinajstić information content (AvgIpc) is 3.04. The Balaban J connectivity index is 1.33. The quantitative estimate of drug-likeness (QED) is 0.656. The first-order valence-electron chi connectivity index (χ1n) is 9.55. The fraction of sp³-hybridized carbons (Fsp3) is 0.526. The number of hydrogen-bond donors (Lipinski definition) is 0. The normalized spacial score (nSPS) is 20.3. The number of esters is 1. The van der Waals surface area contributed by atoms with Gasteiger partial charge in [-0.15, -0.1) is 11.3 Å². The zero-order valence-electron chi connectivity index (χ0n) is 16.4. The van der Waals surface area contributed by atoms with Gasteiger partial charge in [0.05, 0.1) is 41.7 Å². The minimum absolute atomic E-state index is 0.0100. The highest BCUT2D eigenvalue weighted by molar-refractivity contribution is 7.17. The van der Waals surface area contributed by atoms with Crippen molar-refractivity contribution in [2.45, 2.75) is 12.3 Å². The Bertz CT molecular complexity index is 1050. The second-order valence-corrected chi connectivity index (χ2v) is 8.98. The van der Waals surface area contributed by atoms with Gasteiger partial charge in [0, 0.05) is 37.0 Å². The second kappa shape index (κ2) is 6.95. The number of likely N-dealkylation sites (tertiary alicyclic amines) is 1. The number of alkyl halides is 3. The summed E-state index contributed by atoms with van der Waals surface area (Å²) in [7, 11) is 1.17. The van der Waals surface area contributed by atoms with E-state index >= 15 is 0 Å². The number of carbonyl (C=O) groups excluding carboxylic acids is 2. The van der Waals surface area contributed by atoms with E-state index in [1.54, 1.807) is 9.80 Å². The van der Waals surface area contributed by atoms with E-state index in [4.69, 9.17) is 9.47 Å². The number of ether oxygens (including phenoxy) is 3. The van der Waals surface area contributed by atoms with Gasteiger partial charge in [0.25, 0.3) is 0 Å². The number of anilines is 1. The molecule has 0 aliphatic carbocycles. The van der Waals surface area contributed by atoms with Crippen LogP contribution in [-0.2, 0) is 20.4 Å². The van der Waals surface area contributed by atoms with Crippen molar-refractivity contribution in [1.82, 2.24) is 9.88 Å². The van der Waals surface area contributed by atoms with Crippen molar-refractivity contribution in [3.8, 4) is 0 Å². The molecule has 1 spiro atoms. The molecule has 0 saturated carbocycles. The molecular weight excluding hydrogens is 439 g/mol. The summed E-state index contributed by atoms with van der Waals surface area (Å²) >= 11 is 0.819. The van der Waals surface area contributed by atoms with Crippen LogP contribution in [0.25, 0.3) is 10.2 Å². The average molecular weight is 457 g/mol. The van der Waals surface area contributed by atoms with Crippen LogP contribution in [0.3, 0.4) is 0 Å². The number of hydrogen-bond acceptors (Lipinski definition) is 8. The van der Waals surface area contributed by atoms with Crippen molar-refractivity contribution in [2.75, 3.05) is 51.4 Å². The Labute approximate surface area is 178 Å². The molecule has 3 fully saturated rings. The third kappa shape index (κ3) is 3.37. The van der Waals surface area contributed by atoms with Crippen LogP contribution < -0.4 is 4.90 Å². The van der Waals surface area contributed by atoms with E-state index in [0.717, 1.165) is 17.4 Å². The fourth-order valence-corrected chi connectivity index (χ4v) is 5.15. The minimum atomic E-state index is -4.58. The first-order chi connectivity index (χ1) is 14.7. The molecule has 0 aromatic carbocycles. The van der Waals surface area contributed by atoms with Crippen molar-refractivity contribution < 1.29 is 37.0 Å². The van der Waals surface area contributed by atoms with Crippen LogP contribution >= 0.6 is 11.3 Å². The highest BCUT2D eigenvalue weighted by Crippen LogP contribution is 2.45. The van der Waals surface area contributed by atoms with E-state index in [1.807, 2.05) is 0 Å². The van der Waals surface area contributed by atoms with Gasteiger partial charge in [0.15, 0.2) is 6.10 Å². The van der Waals surface area contributed by atoms with E-state index in [-0.39, 0.29) is 33.1 Å². The Kier molecular flexibility index (Phi) is 4.56. The first-order valence-corrected chi connectivity index (χ1v) is 10.4. The summed E-state index contributed by atoms with van der Waals surface area (Å²) in [6.45, 7) is 2.72. The summed E-state index contributed by atoms with van der Waals surface area (Å²) < 4.78 is 55.8. The van der Waals surface area contributed by atoms with Gasteiger partial charge in [-0.05, 0) is 6.07 Å². The van der Waals surface area contributed by atoms with Gasteiger partial charge in [-0.1, -0.05) is 0 Å². The summed E-state index contributed by atoms with van der Waals surface area (Å²) in [4.78, 5) is 31.7. The van der Waals surface area contributed by atoms with Crippen molar-refractivity contribution in [1.29, 1.82) is 0 Å². The van der Waals surface area contributed by atoms with E-state index in [0.29, 0.717) is 39.4 Å². The highest BCUT2D eigenvalue weighted by Gasteiger charge is 2.54. The Morgan fingerprint density at radius 1 is 1.26 bits per heavy atom. The van der Waals surface area contributed by atoms with Gasteiger partial charge >= 0.3 is 18.2 Å². The van der Waals surface area contributed by atoms with Crippen LogP contribution in [0.5, 0.6) is 0 Å². The minimum Gasteiger partial charge on any atom is -0.465 e. The second-order valence-electron chi connectivity index (χ2n) is 8.10. The summed E-state index contributed by atoms with van der Waals surface area (Å²) in [6, 6.07) is 1.02. The van der Waals surface area contributed by atoms with E-state index in [2.05, 4.69) is 9.72 Å². The highest BCUT2D eigenvalue weighted by atomic mass is 32.1. The third-order valence-corrected chi connectivity index (χ3v) is 6.78. The molecular formula is C19H18F3N3O5S. The number of pyridine rings is 1. The Morgan fingerprint density at radius 3 is 2.55 bits per heavy atom. The fourth-order valence-electron chi connectivity index (χ4n) is 4.14. The third-order valence-electron chi connectivity index (χ3n) is 5.78. The molecule has 0 N–H and O–H groups in total. The molecule has 8 nitrogen and oxygen atoms in total. The number of amides is 1. The SMILES string of the molecule is COC(=O)c1csc2c(C(F)(F)F)cc(N3CC4(CN(C(=O)OC5COC5)C4)C3)nc12. The summed E-state index contributed by atoms with van der Waals surface area (Å²) in [5, 5.41) is 1.34. The molecule has 0 atom stereocenters. The van der Waals surface area contributed by atoms with Crippen molar-refractivity contribution >= 4 is 39.4 Å². The van der Waals surface area contributed by atoms with Gasteiger partial charge in [-0.3, -0.25) is 0 Å². The van der Waals surface area contributed by atoms with Crippen molar-refractivity contribution in [2.24, 2.45) is 5.41 Å². The molecule has 2 aromatic heterocycles. The lowest BCUT2D eigenvalue weighted by molar-refractivity contribution is -0.136. The van der Waals surface area contributed by atoms with E-state index < -0.39 is 23.8 Å². The van der Waals surface area contributed by atoms with Crippen LogP contribution in [-0.4, -0.2) is 74.6 Å². The molecule has 12 heteroatoms. The van der Waals surface area contributed by atoms with Gasteiger partial charge in [0.1, 0.15) is 5.82 Å². The van der Waals surface area contributed by atoms with Gasteiger partial charge < -0.3 is 24.0 Å². The van der Waals surface area contributed by atoms with Gasteiger partial charge in [-0.25, -0.2) is 14.6 Å². The van der Waals surface area contributed by atoms with Gasteiger partial charge in [-0.2, -0.15) is 13.2 Å². The maximum Gasteiger partial charge on any atom is 0.417 e. The number of thiophene rings is 1. The maximum atomic E-state index is 13.7. The van der Waals surface area contributed by atoms with Crippen LogP contribution in [0.4, 0.5) is 23.8 Å². The number of carbonyl (C=O) groups is 2. The molecule has 3 aliphatic heterocycles. The summed E-state index contributed by atoms with van der Waals surface area (Å²) in [5.74, 6) is -0.573. The lowest BCUT2D eigenvalue weighted by Crippen LogP contribution is -2.73. The number of fused-ring (bicyclic) bond motifs is 1. The number of aromatic nitrogens is 1. The topological polar surface area (TPSA) is 81.2 Å². The molecule has 0 bridgehead atoms. The monoisotopic (exact) mass is 457 g/mol. The number of rotatable bonds is 3. The molecule has 2 aromatic rings. The van der Waals surface area contributed by atoms with Crippen molar-refractivity contribution in [3.63, 3.8) is 0 Å². The summed E-state index contributed by atoms with van der Waals surface area (Å²) in [5.41, 5.74) is -0.994. The molecule has 1 amide bonds. The smallest absolute Gasteiger partial charge is 0.417 e. The molecule has 31 heavy (non-hydrogen) atoms. The molecule has 3 aliphatic rings. The summed E-state index contributed by atoms with van der Waals surface area (Å²) in [6.07, 6.45) is -5.18. The lowest BCUT2D eigenvalue weighted by Gasteiger charge is -2.60. The van der Waals surface area contributed by atoms with Crippen LogP contribution in [0, 0.1) is 5.41 Å². The predicted molar refractivity (Wildman–Crippen MR) is 103 cm³/mol. The van der Waals surface area contributed by atoms with Crippen LogP contribution in [0.15, 0.2) is 11.4 Å². The lowest BCUT2D eigenvalue weighted by atomic mass is 9.73. The van der Waals surface area contributed by atoms with E-state index in [1.165, 1.54) is 12.5 Å². The number of nitrogens with zero attached hydrogens (tertiary/aromatic N) is 3. The number of halogens is 3. The molecule has 5 heterocycles. The molecule has 5 rings (SSSR count). The van der Waals surface area contributed by atoms with Crippen molar-refractivity contribution in [3.05, 3.63) is 22.6 Å². The Morgan fingerprint density at radius 2 is 1.97 bits per heavy atom. The largest absolute Gasteiger partial charge is 0.465 e. The van der Waals surface area contributed by atoms with Crippen LogP contribution in [0.1, 0.15) is 15.9 Å². The van der Waals surface area contributed by atoms with Crippen LogP contribution in [0.2, 0.25) is 0 Å². The Hall–Kier alpha value is -2.60. The maximum absolute atomic E-state index is 13.7. The molecule has 3 saturated heterocycles. The molecule has 166 valence electrons. The molecule has 0 unspecified atom stereocenters. The van der Waals surface area contributed by atoms with E-state index in [9.17, 15) is 22.8 Å². The zero-order valence-corrected chi connectivity index (χ0v) is 17.2. The molecule has 0 radical (unpaired) electrons. The van der Waals surface area contributed by atoms with Gasteiger partial charge in [0.2, 0.25) is 0 Å². The first kappa shape index (κ1) is 20.3. The standard InChI is InChI=1S/C19H18F3N3O5S/c1-28-16(26)11-5-31-15-12(19(20,21)22)2-13(23-14(11)15)24-6-18(7-24)8-25(9-18)17(27)30-10-3-29-4-10/h2,5,10H,3-4,6-9H2,1H3. The zero-order chi connectivity index (χ0) is 22.0.